The Labute approximate surface area is 184 Å². The maximum atomic E-state index is 12.2. The van der Waals surface area contributed by atoms with Crippen LogP contribution in [0.2, 0.25) is 0 Å². The quantitative estimate of drug-likeness (QED) is 0.453. The summed E-state index contributed by atoms with van der Waals surface area (Å²) in [5, 5.41) is 3.14. The third kappa shape index (κ3) is 9.05. The van der Waals surface area contributed by atoms with Gasteiger partial charge in [0.15, 0.2) is 0 Å². The maximum Gasteiger partial charge on any atom is 0.222 e. The van der Waals surface area contributed by atoms with Crippen LogP contribution >= 0.6 is 0 Å². The Morgan fingerprint density at radius 1 is 0.900 bits per heavy atom. The van der Waals surface area contributed by atoms with Crippen LogP contribution in [-0.4, -0.2) is 43.7 Å². The highest BCUT2D eigenvalue weighted by Crippen LogP contribution is 2.30. The van der Waals surface area contributed by atoms with Crippen molar-refractivity contribution in [2.75, 3.05) is 19.8 Å². The minimum absolute atomic E-state index is 0.0829. The summed E-state index contributed by atoms with van der Waals surface area (Å²) in [7, 11) is 0. The van der Waals surface area contributed by atoms with Gasteiger partial charge in [-0.2, -0.15) is 0 Å². The molecule has 1 amide bonds. The van der Waals surface area contributed by atoms with Gasteiger partial charge in [0.2, 0.25) is 5.91 Å². The summed E-state index contributed by atoms with van der Waals surface area (Å²) in [6, 6.07) is 0.224. The molecule has 0 aliphatic heterocycles. The van der Waals surface area contributed by atoms with E-state index in [4.69, 9.17) is 9.47 Å². The number of ketones is 1. The van der Waals surface area contributed by atoms with Crippen molar-refractivity contribution < 1.29 is 19.1 Å². The van der Waals surface area contributed by atoms with Crippen molar-refractivity contribution in [1.82, 2.24) is 5.32 Å². The first-order valence-corrected chi connectivity index (χ1v) is 12.4. The van der Waals surface area contributed by atoms with Gasteiger partial charge in [-0.3, -0.25) is 9.59 Å². The summed E-state index contributed by atoms with van der Waals surface area (Å²) in [4.78, 5) is 24.3. The highest BCUT2D eigenvalue weighted by molar-refractivity contribution is 5.83. The average Bonchev–Trinajstić information content (AvgIpc) is 2.75. The van der Waals surface area contributed by atoms with Gasteiger partial charge in [0.25, 0.3) is 0 Å². The van der Waals surface area contributed by atoms with Gasteiger partial charge < -0.3 is 14.8 Å². The van der Waals surface area contributed by atoms with Crippen LogP contribution in [0.25, 0.3) is 0 Å². The van der Waals surface area contributed by atoms with Gasteiger partial charge in [-0.25, -0.2) is 0 Å². The molecule has 2 saturated carbocycles. The molecule has 0 aromatic carbocycles. The third-order valence-corrected chi connectivity index (χ3v) is 7.05. The summed E-state index contributed by atoms with van der Waals surface area (Å²) < 4.78 is 11.7. The molecular formula is C25H45NO4. The van der Waals surface area contributed by atoms with E-state index in [9.17, 15) is 9.59 Å². The lowest BCUT2D eigenvalue weighted by atomic mass is 9.80. The molecule has 0 aromatic heterocycles. The predicted octanol–water partition coefficient (Wildman–Crippen LogP) is 4.91. The first kappa shape index (κ1) is 25.3. The Hall–Kier alpha value is -0.940. The molecule has 174 valence electrons. The number of hydrogen-bond acceptors (Lipinski definition) is 4. The zero-order valence-electron chi connectivity index (χ0n) is 19.8. The molecule has 0 aromatic rings. The lowest BCUT2D eigenvalue weighted by Crippen LogP contribution is -2.39. The normalized spacial score (nSPS) is 28.3. The largest absolute Gasteiger partial charge is 0.381 e. The van der Waals surface area contributed by atoms with Crippen LogP contribution in [0, 0.1) is 23.7 Å². The Balaban J connectivity index is 1.50. The Morgan fingerprint density at radius 2 is 1.50 bits per heavy atom. The summed E-state index contributed by atoms with van der Waals surface area (Å²) in [5.41, 5.74) is 0. The standard InChI is InChI=1S/C25H45NO4/c1-5-19(4)30-17-21-8-6-20(7-9-21)16-29-15-14-24(27)26-23-12-10-22(11-13-23)25(28)18(2)3/h18-23H,5-17H2,1-4H3,(H,26,27). The van der Waals surface area contributed by atoms with Gasteiger partial charge in [-0.1, -0.05) is 20.8 Å². The molecule has 1 atom stereocenters. The van der Waals surface area contributed by atoms with Gasteiger partial charge in [-0.05, 0) is 76.5 Å². The van der Waals surface area contributed by atoms with E-state index in [0.29, 0.717) is 36.8 Å². The molecule has 2 aliphatic carbocycles. The molecule has 1 N–H and O–H groups in total. The lowest BCUT2D eigenvalue weighted by Gasteiger charge is -2.29. The summed E-state index contributed by atoms with van der Waals surface area (Å²) in [5.74, 6) is 2.10. The van der Waals surface area contributed by atoms with E-state index in [-0.39, 0.29) is 23.8 Å². The average molecular weight is 424 g/mol. The van der Waals surface area contributed by atoms with Crippen LogP contribution in [0.4, 0.5) is 0 Å². The molecule has 2 aliphatic rings. The van der Waals surface area contributed by atoms with Gasteiger partial charge in [0.1, 0.15) is 5.78 Å². The van der Waals surface area contributed by atoms with Crippen molar-refractivity contribution in [3.05, 3.63) is 0 Å². The molecule has 2 rings (SSSR count). The van der Waals surface area contributed by atoms with Crippen LogP contribution in [0.3, 0.4) is 0 Å². The fourth-order valence-electron chi connectivity index (χ4n) is 4.69. The fraction of sp³-hybridized carbons (Fsp3) is 0.920. The lowest BCUT2D eigenvalue weighted by molar-refractivity contribution is -0.127. The molecule has 2 fully saturated rings. The maximum absolute atomic E-state index is 12.2. The Morgan fingerprint density at radius 3 is 2.07 bits per heavy atom. The van der Waals surface area contributed by atoms with Crippen LogP contribution in [0.1, 0.15) is 91.9 Å². The topological polar surface area (TPSA) is 64.6 Å². The zero-order valence-corrected chi connectivity index (χ0v) is 19.8. The van der Waals surface area contributed by atoms with Crippen LogP contribution in [0.15, 0.2) is 0 Å². The molecule has 0 spiro atoms. The third-order valence-electron chi connectivity index (χ3n) is 7.05. The van der Waals surface area contributed by atoms with Crippen molar-refractivity contribution in [1.29, 1.82) is 0 Å². The molecule has 0 bridgehead atoms. The van der Waals surface area contributed by atoms with Crippen molar-refractivity contribution >= 4 is 11.7 Å². The van der Waals surface area contributed by atoms with Gasteiger partial charge in [0, 0.05) is 37.5 Å². The number of carbonyl (C=O) groups excluding carboxylic acids is 2. The minimum Gasteiger partial charge on any atom is -0.381 e. The van der Waals surface area contributed by atoms with Crippen molar-refractivity contribution in [3.63, 3.8) is 0 Å². The number of nitrogens with one attached hydrogen (secondary N) is 1. The molecule has 30 heavy (non-hydrogen) atoms. The SMILES string of the molecule is CCC(C)OCC1CCC(COCCC(=O)NC2CCC(C(=O)C(C)C)CC2)CC1. The monoisotopic (exact) mass is 423 g/mol. The number of carbonyl (C=O) groups is 2. The number of amides is 1. The van der Waals surface area contributed by atoms with Crippen LogP contribution in [0.5, 0.6) is 0 Å². The number of hydrogen-bond donors (Lipinski definition) is 1. The van der Waals surface area contributed by atoms with Crippen LogP contribution < -0.4 is 5.32 Å². The van der Waals surface area contributed by atoms with E-state index in [2.05, 4.69) is 19.2 Å². The zero-order chi connectivity index (χ0) is 21.9. The van der Waals surface area contributed by atoms with E-state index in [1.165, 1.54) is 25.7 Å². The minimum atomic E-state index is 0.0829. The summed E-state index contributed by atoms with van der Waals surface area (Å²) >= 11 is 0. The number of ether oxygens (including phenoxy) is 2. The first-order valence-electron chi connectivity index (χ1n) is 12.4. The van der Waals surface area contributed by atoms with E-state index in [0.717, 1.165) is 45.3 Å². The Kier molecular flexibility index (Phi) is 11.4. The smallest absolute Gasteiger partial charge is 0.222 e. The molecular weight excluding hydrogens is 378 g/mol. The van der Waals surface area contributed by atoms with E-state index >= 15 is 0 Å². The second-order valence-corrected chi connectivity index (χ2v) is 9.94. The summed E-state index contributed by atoms with van der Waals surface area (Å²) in [6.07, 6.45) is 10.4. The second kappa shape index (κ2) is 13.5. The van der Waals surface area contributed by atoms with E-state index in [1.54, 1.807) is 0 Å². The molecule has 0 saturated heterocycles. The molecule has 0 heterocycles. The highest BCUT2D eigenvalue weighted by Gasteiger charge is 2.28. The van der Waals surface area contributed by atoms with E-state index < -0.39 is 0 Å². The fourth-order valence-corrected chi connectivity index (χ4v) is 4.69. The highest BCUT2D eigenvalue weighted by atomic mass is 16.5. The predicted molar refractivity (Wildman–Crippen MR) is 120 cm³/mol. The number of Topliss-reactive ketones (excluding diaryl/α,β-unsaturated/α-hetero) is 1. The molecule has 5 nitrogen and oxygen atoms in total. The molecule has 1 unspecified atom stereocenters. The van der Waals surface area contributed by atoms with Gasteiger partial charge in [-0.15, -0.1) is 0 Å². The Bertz CT molecular complexity index is 505. The van der Waals surface area contributed by atoms with Gasteiger partial charge in [0.05, 0.1) is 12.7 Å². The molecule has 0 radical (unpaired) electrons. The summed E-state index contributed by atoms with van der Waals surface area (Å²) in [6.45, 7) is 10.4. The van der Waals surface area contributed by atoms with Crippen LogP contribution in [-0.2, 0) is 19.1 Å². The van der Waals surface area contributed by atoms with E-state index in [1.807, 2.05) is 13.8 Å². The second-order valence-electron chi connectivity index (χ2n) is 9.94. The van der Waals surface area contributed by atoms with Gasteiger partial charge >= 0.3 is 0 Å². The molecule has 5 heteroatoms. The number of rotatable bonds is 12. The van der Waals surface area contributed by atoms with Crippen molar-refractivity contribution in [2.24, 2.45) is 23.7 Å². The van der Waals surface area contributed by atoms with Crippen molar-refractivity contribution in [2.45, 2.75) is 104 Å². The van der Waals surface area contributed by atoms with Crippen molar-refractivity contribution in [3.8, 4) is 0 Å². The first-order chi connectivity index (χ1) is 14.4.